The average Bonchev–Trinajstić information content (AvgIpc) is 3.14. The molecule has 0 saturated heterocycles. The van der Waals surface area contributed by atoms with Crippen LogP contribution in [0, 0.1) is 0 Å². The van der Waals surface area contributed by atoms with E-state index in [4.69, 9.17) is 9.15 Å². The molecule has 5 heteroatoms. The molecule has 0 fully saturated rings. The lowest BCUT2D eigenvalue weighted by atomic mass is 9.79. The lowest BCUT2D eigenvalue weighted by Gasteiger charge is -2.30. The number of ether oxygens (including phenoxy) is 1. The Bertz CT molecular complexity index is 805. The Balaban J connectivity index is 2.50. The Morgan fingerprint density at radius 3 is 2.03 bits per heavy atom. The molecule has 0 unspecified atom stereocenters. The topological polar surface area (TPSA) is 39.4 Å². The van der Waals surface area contributed by atoms with Gasteiger partial charge in [0.1, 0.15) is 13.8 Å². The Hall–Kier alpha value is -1.46. The lowest BCUT2D eigenvalue weighted by molar-refractivity contribution is -0.134. The second kappa shape index (κ2) is 8.72. The minimum Gasteiger partial charge on any atom is -0.474 e. The molecule has 0 aliphatic rings. The zero-order chi connectivity index (χ0) is 22.0. The van der Waals surface area contributed by atoms with E-state index >= 15 is 0 Å². The van der Waals surface area contributed by atoms with Gasteiger partial charge in [0.15, 0.2) is 0 Å². The standard InChI is InChI=1S/C24H36O3SSi/c1-10-20(25)27-22-18(23(2,3)4)14-17(15-19(22)24(5,6)7)28-16-29(8,9)21-12-11-13-26-21/h11-15H,10,16H2,1-9H3. The summed E-state index contributed by atoms with van der Waals surface area (Å²) in [5, 5.41) is 2.16. The van der Waals surface area contributed by atoms with Gasteiger partial charge in [-0.05, 0) is 35.1 Å². The number of hydrogen-bond acceptors (Lipinski definition) is 4. The van der Waals surface area contributed by atoms with Crippen LogP contribution in [-0.2, 0) is 15.6 Å². The maximum atomic E-state index is 12.2. The molecule has 1 aromatic heterocycles. The summed E-state index contributed by atoms with van der Waals surface area (Å²) < 4.78 is 11.6. The molecule has 0 radical (unpaired) electrons. The van der Waals surface area contributed by atoms with E-state index in [1.807, 2.05) is 24.8 Å². The second-order valence-electron chi connectivity index (χ2n) is 10.3. The number of esters is 1. The fraction of sp³-hybridized carbons (Fsp3) is 0.542. The van der Waals surface area contributed by atoms with Crippen LogP contribution in [0.5, 0.6) is 5.75 Å². The Morgan fingerprint density at radius 1 is 1.07 bits per heavy atom. The Labute approximate surface area is 181 Å². The van der Waals surface area contributed by atoms with Gasteiger partial charge in [-0.25, -0.2) is 0 Å². The summed E-state index contributed by atoms with van der Waals surface area (Å²) in [6, 6.07) is 8.50. The van der Waals surface area contributed by atoms with E-state index < -0.39 is 8.07 Å². The van der Waals surface area contributed by atoms with Gasteiger partial charge in [-0.15, -0.1) is 11.8 Å². The molecule has 0 aliphatic heterocycles. The molecule has 0 amide bonds. The van der Waals surface area contributed by atoms with E-state index in [0.29, 0.717) is 6.42 Å². The first-order valence-electron chi connectivity index (χ1n) is 10.3. The molecule has 2 rings (SSSR count). The summed E-state index contributed by atoms with van der Waals surface area (Å²) in [4.78, 5) is 13.4. The molecule has 0 atom stereocenters. The van der Waals surface area contributed by atoms with Crippen molar-refractivity contribution in [1.82, 2.24) is 0 Å². The van der Waals surface area contributed by atoms with E-state index in [-0.39, 0.29) is 16.8 Å². The first kappa shape index (κ1) is 23.8. The maximum Gasteiger partial charge on any atom is 0.310 e. The van der Waals surface area contributed by atoms with Crippen LogP contribution >= 0.6 is 11.8 Å². The molecular formula is C24H36O3SSi. The van der Waals surface area contributed by atoms with Crippen LogP contribution in [0.25, 0.3) is 0 Å². The van der Waals surface area contributed by atoms with Crippen molar-refractivity contribution < 1.29 is 13.9 Å². The van der Waals surface area contributed by atoms with Crippen molar-refractivity contribution in [3.05, 3.63) is 41.7 Å². The predicted molar refractivity (Wildman–Crippen MR) is 126 cm³/mol. The molecule has 1 aromatic carbocycles. The summed E-state index contributed by atoms with van der Waals surface area (Å²) in [6.07, 6.45) is 2.13. The average molecular weight is 433 g/mol. The van der Waals surface area contributed by atoms with E-state index in [2.05, 4.69) is 72.8 Å². The van der Waals surface area contributed by atoms with Crippen LogP contribution in [0.15, 0.2) is 39.8 Å². The van der Waals surface area contributed by atoms with Crippen molar-refractivity contribution >= 4 is 31.2 Å². The van der Waals surface area contributed by atoms with Crippen molar-refractivity contribution in [3.63, 3.8) is 0 Å². The molecule has 0 aliphatic carbocycles. The van der Waals surface area contributed by atoms with Crippen LogP contribution in [-0.4, -0.2) is 19.4 Å². The van der Waals surface area contributed by atoms with Crippen LogP contribution in [0.1, 0.15) is 66.0 Å². The van der Waals surface area contributed by atoms with Crippen molar-refractivity contribution in [3.8, 4) is 5.75 Å². The molecule has 29 heavy (non-hydrogen) atoms. The highest BCUT2D eigenvalue weighted by Crippen LogP contribution is 2.43. The van der Waals surface area contributed by atoms with Crippen molar-refractivity contribution in [2.45, 2.75) is 83.7 Å². The van der Waals surface area contributed by atoms with Crippen LogP contribution in [0.3, 0.4) is 0 Å². The zero-order valence-electron chi connectivity index (χ0n) is 19.4. The molecular weight excluding hydrogens is 396 g/mol. The van der Waals surface area contributed by atoms with Gasteiger partial charge in [-0.3, -0.25) is 4.79 Å². The number of hydrogen-bond donors (Lipinski definition) is 0. The minimum absolute atomic E-state index is 0.131. The minimum atomic E-state index is -1.67. The molecule has 0 N–H and O–H groups in total. The molecule has 160 valence electrons. The highest BCUT2D eigenvalue weighted by molar-refractivity contribution is 8.01. The van der Waals surface area contributed by atoms with Gasteiger partial charge in [0, 0.05) is 27.8 Å². The molecule has 1 heterocycles. The third kappa shape index (κ3) is 6.02. The van der Waals surface area contributed by atoms with Crippen molar-refractivity contribution in [1.29, 1.82) is 0 Å². The molecule has 0 spiro atoms. The number of rotatable bonds is 6. The summed E-state index contributed by atoms with van der Waals surface area (Å²) in [5.74, 6) is 0.552. The van der Waals surface area contributed by atoms with E-state index in [0.717, 1.165) is 27.6 Å². The predicted octanol–water partition coefficient (Wildman–Crippen LogP) is 6.44. The van der Waals surface area contributed by atoms with Gasteiger partial charge in [0.2, 0.25) is 0 Å². The quantitative estimate of drug-likeness (QED) is 0.228. The lowest BCUT2D eigenvalue weighted by Crippen LogP contribution is -2.43. The summed E-state index contributed by atoms with van der Waals surface area (Å²) in [5.41, 5.74) is 1.92. The van der Waals surface area contributed by atoms with Gasteiger partial charge in [0.05, 0.1) is 11.6 Å². The van der Waals surface area contributed by atoms with E-state index in [1.54, 1.807) is 6.26 Å². The van der Waals surface area contributed by atoms with Crippen molar-refractivity contribution in [2.75, 3.05) is 5.38 Å². The first-order chi connectivity index (χ1) is 13.3. The zero-order valence-corrected chi connectivity index (χ0v) is 21.3. The third-order valence-corrected chi connectivity index (χ3v) is 10.6. The van der Waals surface area contributed by atoms with Crippen LogP contribution in [0.2, 0.25) is 13.1 Å². The Kier molecular flexibility index (Phi) is 7.16. The van der Waals surface area contributed by atoms with Gasteiger partial charge < -0.3 is 9.15 Å². The van der Waals surface area contributed by atoms with Gasteiger partial charge in [-0.1, -0.05) is 61.6 Å². The number of furan rings is 1. The molecule has 0 bridgehead atoms. The van der Waals surface area contributed by atoms with Gasteiger partial charge in [-0.2, -0.15) is 0 Å². The van der Waals surface area contributed by atoms with E-state index in [1.165, 1.54) is 4.90 Å². The van der Waals surface area contributed by atoms with Crippen LogP contribution < -0.4 is 10.1 Å². The Morgan fingerprint density at radius 2 is 1.62 bits per heavy atom. The monoisotopic (exact) mass is 432 g/mol. The number of thioether (sulfide) groups is 1. The summed E-state index contributed by atoms with van der Waals surface area (Å²) in [6.45, 7) is 19.6. The first-order valence-corrected chi connectivity index (χ1v) is 14.5. The fourth-order valence-electron chi connectivity index (χ4n) is 3.09. The number of carbonyl (C=O) groups is 1. The number of carbonyl (C=O) groups excluding carboxylic acids is 1. The van der Waals surface area contributed by atoms with Gasteiger partial charge >= 0.3 is 5.97 Å². The molecule has 3 nitrogen and oxygen atoms in total. The molecule has 0 saturated carbocycles. The summed E-state index contributed by atoms with van der Waals surface area (Å²) >= 11 is 1.88. The second-order valence-corrected chi connectivity index (χ2v) is 16.5. The largest absolute Gasteiger partial charge is 0.474 e. The smallest absolute Gasteiger partial charge is 0.310 e. The van der Waals surface area contributed by atoms with Gasteiger partial charge in [0.25, 0.3) is 0 Å². The molecule has 2 aromatic rings. The SMILES string of the molecule is CCC(=O)Oc1c(C(C)(C)C)cc(SC[Si](C)(C)c2ccco2)cc1C(C)(C)C. The van der Waals surface area contributed by atoms with E-state index in [9.17, 15) is 4.79 Å². The fourth-order valence-corrected chi connectivity index (χ4v) is 7.11. The van der Waals surface area contributed by atoms with Crippen LogP contribution in [0.4, 0.5) is 0 Å². The summed E-state index contributed by atoms with van der Waals surface area (Å²) in [7, 11) is -1.67. The maximum absolute atomic E-state index is 12.2. The van der Waals surface area contributed by atoms with Crippen molar-refractivity contribution in [2.24, 2.45) is 0 Å². The highest BCUT2D eigenvalue weighted by atomic mass is 32.2. The highest BCUT2D eigenvalue weighted by Gasteiger charge is 2.31. The third-order valence-electron chi connectivity index (χ3n) is 4.97. The normalized spacial score (nSPS) is 12.9. The number of benzene rings is 1.